The van der Waals surface area contributed by atoms with Gasteiger partial charge in [0.05, 0.1) is 19.7 Å². The Labute approximate surface area is 174 Å². The largest absolute Gasteiger partial charge is 0.278 e. The Bertz CT molecular complexity index is 1140. The Balaban J connectivity index is 2.35. The van der Waals surface area contributed by atoms with Crippen molar-refractivity contribution in [1.29, 1.82) is 0 Å². The monoisotopic (exact) mass is 453 g/mol. The quantitative estimate of drug-likeness (QED) is 0.507. The predicted octanol–water partition coefficient (Wildman–Crippen LogP) is 4.67. The molecular weight excluding hydrogens is 434 g/mol. The smallest absolute Gasteiger partial charge is 0.200 e. The van der Waals surface area contributed by atoms with E-state index in [0.29, 0.717) is 19.0 Å². The molecule has 0 aliphatic carbocycles. The first-order valence-electron chi connectivity index (χ1n) is 8.24. The van der Waals surface area contributed by atoms with Crippen molar-refractivity contribution < 1.29 is 16.8 Å². The molecule has 0 saturated carbocycles. The van der Waals surface area contributed by atoms with E-state index in [1.54, 1.807) is 61.9 Å². The molecule has 0 aliphatic rings. The Morgan fingerprint density at radius 1 is 0.786 bits per heavy atom. The Morgan fingerprint density at radius 3 is 1.68 bits per heavy atom. The van der Waals surface area contributed by atoms with Crippen LogP contribution in [0.3, 0.4) is 0 Å². The van der Waals surface area contributed by atoms with Crippen LogP contribution in [0.4, 0.5) is 5.69 Å². The van der Waals surface area contributed by atoms with Crippen molar-refractivity contribution in [3.05, 3.63) is 71.1 Å². The fourth-order valence-corrected chi connectivity index (χ4v) is 8.73. The minimum absolute atomic E-state index is 0.0367. The van der Waals surface area contributed by atoms with Gasteiger partial charge in [0.25, 0.3) is 20.0 Å². The maximum Gasteiger partial charge on any atom is 0.278 e. The summed E-state index contributed by atoms with van der Waals surface area (Å²) in [6.07, 6.45) is 1.79. The average molecular weight is 454 g/mol. The van der Waals surface area contributed by atoms with Gasteiger partial charge in [-0.3, -0.25) is 0 Å². The highest BCUT2D eigenvalue weighted by molar-refractivity contribution is 8.10. The molecule has 0 radical (unpaired) electrons. The van der Waals surface area contributed by atoms with E-state index in [9.17, 15) is 16.8 Å². The lowest BCUT2D eigenvalue weighted by atomic mass is 10.2. The normalized spacial score (nSPS) is 12.1. The third-order valence-electron chi connectivity index (χ3n) is 4.17. The summed E-state index contributed by atoms with van der Waals surface area (Å²) in [4.78, 5) is -0.0733. The van der Waals surface area contributed by atoms with Crippen LogP contribution in [0.5, 0.6) is 0 Å². The fourth-order valence-electron chi connectivity index (χ4n) is 2.84. The molecule has 1 aromatic heterocycles. The molecule has 0 saturated heterocycles. The van der Waals surface area contributed by atoms with Crippen LogP contribution in [-0.2, 0) is 20.0 Å². The minimum Gasteiger partial charge on any atom is -0.200 e. The third-order valence-corrected chi connectivity index (χ3v) is 10.7. The Hall–Kier alpha value is -1.81. The molecule has 5 nitrogen and oxygen atoms in total. The maximum atomic E-state index is 13.6. The molecule has 0 N–H and O–H groups in total. The van der Waals surface area contributed by atoms with Crippen LogP contribution in [0.1, 0.15) is 11.1 Å². The van der Waals surface area contributed by atoms with Crippen molar-refractivity contribution in [2.75, 3.05) is 9.97 Å². The van der Waals surface area contributed by atoms with Crippen LogP contribution in [-0.4, -0.2) is 23.1 Å². The van der Waals surface area contributed by atoms with Crippen molar-refractivity contribution in [2.45, 2.75) is 27.8 Å². The number of rotatable bonds is 6. The second-order valence-corrected chi connectivity index (χ2v) is 11.8. The number of aryl methyl sites for hydroxylation is 2. The van der Waals surface area contributed by atoms with Crippen LogP contribution in [0.2, 0.25) is 0 Å². The molecule has 0 unspecified atom stereocenters. The van der Waals surface area contributed by atoms with E-state index < -0.39 is 20.0 Å². The second kappa shape index (κ2) is 7.90. The van der Waals surface area contributed by atoms with E-state index in [2.05, 4.69) is 0 Å². The first kappa shape index (κ1) is 20.9. The summed E-state index contributed by atoms with van der Waals surface area (Å²) in [6.45, 7) is 3.29. The van der Waals surface area contributed by atoms with Gasteiger partial charge >= 0.3 is 0 Å². The van der Waals surface area contributed by atoms with Gasteiger partial charge in [-0.1, -0.05) is 36.4 Å². The van der Waals surface area contributed by atoms with Crippen LogP contribution < -0.4 is 3.71 Å². The molecular formula is C19H19NO4S4. The summed E-state index contributed by atoms with van der Waals surface area (Å²) < 4.78 is 55.6. The van der Waals surface area contributed by atoms with E-state index in [-0.39, 0.29) is 15.5 Å². The van der Waals surface area contributed by atoms with Gasteiger partial charge in [-0.05, 0) is 54.8 Å². The summed E-state index contributed by atoms with van der Waals surface area (Å²) >= 11 is 2.61. The number of thiophene rings is 1. The van der Waals surface area contributed by atoms with Gasteiger partial charge in [0.2, 0.25) is 0 Å². The number of thioether (sulfide) groups is 1. The molecule has 0 amide bonds. The maximum absolute atomic E-state index is 13.6. The zero-order chi connectivity index (χ0) is 20.5. The predicted molar refractivity (Wildman–Crippen MR) is 115 cm³/mol. The molecule has 9 heteroatoms. The van der Waals surface area contributed by atoms with E-state index in [0.717, 1.165) is 0 Å². The molecule has 0 bridgehead atoms. The number of hydrogen-bond donors (Lipinski definition) is 0. The number of nitrogens with zero attached hydrogens (tertiary/aromatic N) is 1. The molecule has 0 aliphatic heterocycles. The number of sulfonamides is 2. The average Bonchev–Trinajstić information content (AvgIpc) is 3.09. The van der Waals surface area contributed by atoms with Crippen LogP contribution in [0.25, 0.3) is 0 Å². The minimum atomic E-state index is -4.37. The highest BCUT2D eigenvalue weighted by atomic mass is 32.3. The molecule has 1 heterocycles. The lowest BCUT2D eigenvalue weighted by molar-refractivity contribution is 0.583. The molecule has 3 aromatic rings. The number of benzene rings is 2. The zero-order valence-electron chi connectivity index (χ0n) is 15.5. The molecule has 28 heavy (non-hydrogen) atoms. The van der Waals surface area contributed by atoms with Crippen molar-refractivity contribution in [3.63, 3.8) is 0 Å². The van der Waals surface area contributed by atoms with Gasteiger partial charge in [0.15, 0.2) is 0 Å². The van der Waals surface area contributed by atoms with E-state index >= 15 is 0 Å². The van der Waals surface area contributed by atoms with Crippen LogP contribution in [0, 0.1) is 13.8 Å². The second-order valence-electron chi connectivity index (χ2n) is 6.04. The first-order chi connectivity index (χ1) is 13.2. The SMILES string of the molecule is CSc1sccc1N(S(=O)(=O)c1ccccc1C)S(=O)(=O)c1ccccc1C. The van der Waals surface area contributed by atoms with Gasteiger partial charge in [-0.2, -0.15) is 20.5 Å². The van der Waals surface area contributed by atoms with Gasteiger partial charge in [0, 0.05) is 0 Å². The summed E-state index contributed by atoms with van der Waals surface area (Å²) in [6, 6.07) is 14.3. The van der Waals surface area contributed by atoms with Crippen LogP contribution in [0.15, 0.2) is 74.0 Å². The number of hydrogen-bond acceptors (Lipinski definition) is 6. The summed E-state index contributed by atoms with van der Waals surface area (Å²) in [5.74, 6) is 0. The summed E-state index contributed by atoms with van der Waals surface area (Å²) in [5.41, 5.74) is 1.10. The summed E-state index contributed by atoms with van der Waals surface area (Å²) in [7, 11) is -8.74. The van der Waals surface area contributed by atoms with E-state index in [1.165, 1.54) is 41.3 Å². The molecule has 3 rings (SSSR count). The highest BCUT2D eigenvalue weighted by Gasteiger charge is 2.39. The van der Waals surface area contributed by atoms with Gasteiger partial charge in [-0.15, -0.1) is 23.1 Å². The third kappa shape index (κ3) is 3.59. The lowest BCUT2D eigenvalue weighted by Gasteiger charge is -2.25. The summed E-state index contributed by atoms with van der Waals surface area (Å²) in [5, 5.41) is 1.69. The van der Waals surface area contributed by atoms with E-state index in [4.69, 9.17) is 0 Å². The van der Waals surface area contributed by atoms with E-state index in [1.807, 2.05) is 0 Å². The molecule has 0 spiro atoms. The first-order valence-corrected chi connectivity index (χ1v) is 13.2. The van der Waals surface area contributed by atoms with Crippen molar-refractivity contribution >= 4 is 48.8 Å². The highest BCUT2D eigenvalue weighted by Crippen LogP contribution is 2.40. The standard InChI is InChI=1S/C19H19NO4S4/c1-14-8-4-6-10-17(14)27(21,22)20(16-12-13-26-19(16)25-3)28(23,24)18-11-7-5-9-15(18)2/h4-13H,1-3H3. The van der Waals surface area contributed by atoms with Crippen molar-refractivity contribution in [1.82, 2.24) is 0 Å². The molecule has 148 valence electrons. The van der Waals surface area contributed by atoms with Crippen molar-refractivity contribution in [3.8, 4) is 0 Å². The lowest BCUT2D eigenvalue weighted by Crippen LogP contribution is -2.37. The van der Waals surface area contributed by atoms with Gasteiger partial charge in [0.1, 0.15) is 0 Å². The molecule has 0 atom stereocenters. The molecule has 0 fully saturated rings. The number of anilines is 1. The molecule has 2 aromatic carbocycles. The van der Waals surface area contributed by atoms with Gasteiger partial charge < -0.3 is 0 Å². The Morgan fingerprint density at radius 2 is 1.25 bits per heavy atom. The Kier molecular flexibility index (Phi) is 5.90. The van der Waals surface area contributed by atoms with Gasteiger partial charge in [-0.25, -0.2) is 0 Å². The van der Waals surface area contributed by atoms with Crippen LogP contribution >= 0.6 is 23.1 Å². The topological polar surface area (TPSA) is 71.5 Å². The fraction of sp³-hybridized carbons (Fsp3) is 0.158. The van der Waals surface area contributed by atoms with Crippen molar-refractivity contribution in [2.24, 2.45) is 0 Å². The zero-order valence-corrected chi connectivity index (χ0v) is 18.8.